The number of anilines is 1. The number of nitrogens with one attached hydrogen (secondary N) is 2. The molecule has 0 aliphatic rings. The fourth-order valence-electron chi connectivity index (χ4n) is 1.63. The van der Waals surface area contributed by atoms with E-state index in [4.69, 9.17) is 16.9 Å². The van der Waals surface area contributed by atoms with Crippen LogP contribution in [0.4, 0.5) is 5.69 Å². The lowest BCUT2D eigenvalue weighted by Gasteiger charge is -2.41. The zero-order valence-corrected chi connectivity index (χ0v) is 14.1. The van der Waals surface area contributed by atoms with E-state index in [1.54, 1.807) is 18.2 Å². The van der Waals surface area contributed by atoms with E-state index >= 15 is 0 Å². The maximum atomic E-state index is 12.0. The molecule has 5 nitrogen and oxygen atoms in total. The largest absolute Gasteiger partial charge is 0.396 e. The van der Waals surface area contributed by atoms with Crippen molar-refractivity contribution in [3.8, 4) is 6.07 Å². The molecule has 120 valence electrons. The van der Waals surface area contributed by atoms with Crippen LogP contribution in [0.15, 0.2) is 18.2 Å². The van der Waals surface area contributed by atoms with E-state index in [2.05, 4.69) is 10.6 Å². The maximum Gasteiger partial charge on any atom is 0.238 e. The molecule has 0 aromatic heterocycles. The number of halogens is 1. The van der Waals surface area contributed by atoms with E-state index in [1.165, 1.54) is 0 Å². The third-order valence-electron chi connectivity index (χ3n) is 4.15. The van der Waals surface area contributed by atoms with Gasteiger partial charge in [0.05, 0.1) is 17.1 Å². The van der Waals surface area contributed by atoms with Crippen molar-refractivity contribution in [1.82, 2.24) is 5.32 Å². The molecule has 0 atom stereocenters. The van der Waals surface area contributed by atoms with Crippen LogP contribution in [0, 0.1) is 16.7 Å². The minimum atomic E-state index is -0.415. The molecule has 1 aromatic rings. The lowest BCUT2D eigenvalue weighted by Crippen LogP contribution is -2.54. The van der Waals surface area contributed by atoms with E-state index in [0.29, 0.717) is 16.3 Å². The Kier molecular flexibility index (Phi) is 5.95. The first-order chi connectivity index (χ1) is 10.1. The van der Waals surface area contributed by atoms with Gasteiger partial charge in [-0.1, -0.05) is 25.4 Å². The van der Waals surface area contributed by atoms with Crippen molar-refractivity contribution in [3.05, 3.63) is 28.8 Å². The summed E-state index contributed by atoms with van der Waals surface area (Å²) in [6.07, 6.45) is 0. The molecule has 0 saturated heterocycles. The summed E-state index contributed by atoms with van der Waals surface area (Å²) in [5, 5.41) is 24.4. The Morgan fingerprint density at radius 3 is 2.50 bits per heavy atom. The minimum absolute atomic E-state index is 0.0137. The van der Waals surface area contributed by atoms with Gasteiger partial charge in [0, 0.05) is 23.2 Å². The molecule has 0 unspecified atom stereocenters. The number of rotatable bonds is 6. The van der Waals surface area contributed by atoms with Gasteiger partial charge in [-0.25, -0.2) is 0 Å². The highest BCUT2D eigenvalue weighted by atomic mass is 35.5. The normalized spacial score (nSPS) is 11.9. The van der Waals surface area contributed by atoms with Crippen molar-refractivity contribution in [2.75, 3.05) is 18.5 Å². The third kappa shape index (κ3) is 4.44. The summed E-state index contributed by atoms with van der Waals surface area (Å²) >= 11 is 5.92. The van der Waals surface area contributed by atoms with Crippen LogP contribution in [-0.4, -0.2) is 29.7 Å². The predicted molar refractivity (Wildman–Crippen MR) is 87.7 cm³/mol. The highest BCUT2D eigenvalue weighted by molar-refractivity contribution is 6.32. The van der Waals surface area contributed by atoms with Crippen molar-refractivity contribution in [1.29, 1.82) is 5.26 Å². The van der Waals surface area contributed by atoms with Gasteiger partial charge in [-0.15, -0.1) is 0 Å². The minimum Gasteiger partial charge on any atom is -0.396 e. The molecular formula is C16H22ClN3O2. The number of benzene rings is 1. The highest BCUT2D eigenvalue weighted by Gasteiger charge is 2.36. The Hall–Kier alpha value is -1.61. The van der Waals surface area contributed by atoms with Crippen LogP contribution < -0.4 is 10.6 Å². The molecule has 0 saturated carbocycles. The second kappa shape index (κ2) is 7.10. The molecule has 0 bridgehead atoms. The summed E-state index contributed by atoms with van der Waals surface area (Å²) in [5.41, 5.74) is 0.116. The van der Waals surface area contributed by atoms with E-state index in [-0.39, 0.29) is 24.5 Å². The number of carbonyl (C=O) groups is 1. The van der Waals surface area contributed by atoms with Crippen molar-refractivity contribution in [2.24, 2.45) is 5.41 Å². The summed E-state index contributed by atoms with van der Waals surface area (Å²) < 4.78 is 0. The number of hydrogen-bond donors (Lipinski definition) is 3. The van der Waals surface area contributed by atoms with E-state index in [0.717, 1.165) is 0 Å². The van der Waals surface area contributed by atoms with Crippen LogP contribution in [0.25, 0.3) is 0 Å². The van der Waals surface area contributed by atoms with Crippen LogP contribution in [0.1, 0.15) is 33.3 Å². The fourth-order valence-corrected chi connectivity index (χ4v) is 1.85. The molecule has 0 aliphatic carbocycles. The molecule has 0 spiro atoms. The summed E-state index contributed by atoms with van der Waals surface area (Å²) in [6, 6.07) is 6.70. The molecule has 0 fully saturated rings. The molecule has 0 heterocycles. The smallest absolute Gasteiger partial charge is 0.238 e. The third-order valence-corrected chi connectivity index (χ3v) is 4.46. The average molecular weight is 324 g/mol. The van der Waals surface area contributed by atoms with Crippen LogP contribution >= 0.6 is 11.6 Å². The molecule has 1 rings (SSSR count). The fraction of sp³-hybridized carbons (Fsp3) is 0.500. The monoisotopic (exact) mass is 323 g/mol. The second-order valence-corrected chi connectivity index (χ2v) is 6.78. The first-order valence-electron chi connectivity index (χ1n) is 6.98. The lowest BCUT2D eigenvalue weighted by atomic mass is 9.75. The van der Waals surface area contributed by atoms with Crippen LogP contribution in [0.5, 0.6) is 0 Å². The number of carbonyl (C=O) groups excluding carboxylic acids is 1. The summed E-state index contributed by atoms with van der Waals surface area (Å²) in [4.78, 5) is 12.0. The Bertz CT molecular complexity index is 592. The van der Waals surface area contributed by atoms with Gasteiger partial charge < -0.3 is 15.7 Å². The molecule has 6 heteroatoms. The van der Waals surface area contributed by atoms with Gasteiger partial charge in [0.1, 0.15) is 6.07 Å². The Labute approximate surface area is 136 Å². The average Bonchev–Trinajstić information content (AvgIpc) is 2.45. The van der Waals surface area contributed by atoms with E-state index < -0.39 is 5.54 Å². The first kappa shape index (κ1) is 18.4. The summed E-state index contributed by atoms with van der Waals surface area (Å²) in [7, 11) is 0. The van der Waals surface area contributed by atoms with Crippen molar-refractivity contribution >= 4 is 23.2 Å². The topological polar surface area (TPSA) is 85.2 Å². The Morgan fingerprint density at radius 1 is 1.36 bits per heavy atom. The quantitative estimate of drug-likeness (QED) is 0.751. The number of nitriles is 1. The Balaban J connectivity index is 2.65. The number of amides is 1. The number of aliphatic hydroxyl groups is 1. The molecule has 0 aliphatic heterocycles. The SMILES string of the molecule is CC(C)(CO)C(C)(C)NCC(=O)Nc1ccc(C#N)c(Cl)c1. The first-order valence-corrected chi connectivity index (χ1v) is 7.36. The van der Waals surface area contributed by atoms with Gasteiger partial charge in [-0.3, -0.25) is 4.79 Å². The van der Waals surface area contributed by atoms with Crippen LogP contribution in [-0.2, 0) is 4.79 Å². The van der Waals surface area contributed by atoms with Crippen LogP contribution in [0.3, 0.4) is 0 Å². The maximum absolute atomic E-state index is 12.0. The summed E-state index contributed by atoms with van der Waals surface area (Å²) in [6.45, 7) is 7.86. The summed E-state index contributed by atoms with van der Waals surface area (Å²) in [5.74, 6) is -0.220. The molecule has 1 amide bonds. The van der Waals surface area contributed by atoms with Gasteiger partial charge in [-0.2, -0.15) is 5.26 Å². The van der Waals surface area contributed by atoms with Gasteiger partial charge in [0.2, 0.25) is 5.91 Å². The molecule has 1 aromatic carbocycles. The standard InChI is InChI=1S/C16H22ClN3O2/c1-15(2,10-21)16(3,4)19-9-14(22)20-12-6-5-11(8-18)13(17)7-12/h5-7,19,21H,9-10H2,1-4H3,(H,20,22). The van der Waals surface area contributed by atoms with Gasteiger partial charge >= 0.3 is 0 Å². The van der Waals surface area contributed by atoms with Crippen molar-refractivity contribution in [3.63, 3.8) is 0 Å². The molecule has 22 heavy (non-hydrogen) atoms. The van der Waals surface area contributed by atoms with Crippen molar-refractivity contribution < 1.29 is 9.90 Å². The molecular weight excluding hydrogens is 302 g/mol. The van der Waals surface area contributed by atoms with Crippen LogP contribution in [0.2, 0.25) is 5.02 Å². The number of hydrogen-bond acceptors (Lipinski definition) is 4. The number of nitrogens with zero attached hydrogens (tertiary/aromatic N) is 1. The highest BCUT2D eigenvalue weighted by Crippen LogP contribution is 2.29. The van der Waals surface area contributed by atoms with Crippen molar-refractivity contribution in [2.45, 2.75) is 33.2 Å². The van der Waals surface area contributed by atoms with Gasteiger partial charge in [0.15, 0.2) is 0 Å². The zero-order chi connectivity index (χ0) is 17.0. The predicted octanol–water partition coefficient (Wildman–Crippen LogP) is 2.54. The molecule has 3 N–H and O–H groups in total. The Morgan fingerprint density at radius 2 is 2.00 bits per heavy atom. The number of aliphatic hydroxyl groups excluding tert-OH is 1. The van der Waals surface area contributed by atoms with Gasteiger partial charge in [-0.05, 0) is 32.0 Å². The zero-order valence-electron chi connectivity index (χ0n) is 13.3. The van der Waals surface area contributed by atoms with E-state index in [9.17, 15) is 9.90 Å². The lowest BCUT2D eigenvalue weighted by molar-refractivity contribution is -0.116. The second-order valence-electron chi connectivity index (χ2n) is 6.38. The van der Waals surface area contributed by atoms with E-state index in [1.807, 2.05) is 33.8 Å². The van der Waals surface area contributed by atoms with Gasteiger partial charge in [0.25, 0.3) is 0 Å². The molecule has 0 radical (unpaired) electrons.